The fraction of sp³-hybridized carbons (Fsp3) is 0.667. The van der Waals surface area contributed by atoms with Crippen molar-refractivity contribution in [2.75, 3.05) is 19.8 Å². The Morgan fingerprint density at radius 2 is 2.29 bits per heavy atom. The number of hydrogen-bond donors (Lipinski definition) is 1. The Kier molecular flexibility index (Phi) is 5.25. The standard InChI is InChI=1S/C15H23N3O3/c1-5-21-13-8-20-7-12(13)18-15(19)11-6-16-14(9(2)3)17-10(11)4/h6,9,12-13H,5,7-8H2,1-4H3,(H,18,19)/t12-,13-/m0/s1. The Labute approximate surface area is 125 Å². The molecule has 1 saturated heterocycles. The Balaban J connectivity index is 2.06. The molecule has 0 radical (unpaired) electrons. The molecule has 1 amide bonds. The van der Waals surface area contributed by atoms with Crippen LogP contribution in [0.3, 0.4) is 0 Å². The fourth-order valence-electron chi connectivity index (χ4n) is 2.28. The minimum atomic E-state index is -0.178. The summed E-state index contributed by atoms with van der Waals surface area (Å²) in [5, 5.41) is 2.95. The van der Waals surface area contributed by atoms with Gasteiger partial charge in [0.1, 0.15) is 11.9 Å². The summed E-state index contributed by atoms with van der Waals surface area (Å²) >= 11 is 0. The van der Waals surface area contributed by atoms with Gasteiger partial charge in [-0.2, -0.15) is 0 Å². The Bertz CT molecular complexity index is 505. The predicted octanol–water partition coefficient (Wildman–Crippen LogP) is 1.44. The van der Waals surface area contributed by atoms with Gasteiger partial charge in [0.05, 0.1) is 30.5 Å². The van der Waals surface area contributed by atoms with Gasteiger partial charge in [-0.3, -0.25) is 4.79 Å². The van der Waals surface area contributed by atoms with E-state index in [4.69, 9.17) is 9.47 Å². The van der Waals surface area contributed by atoms with E-state index in [1.807, 2.05) is 27.7 Å². The van der Waals surface area contributed by atoms with Crippen molar-refractivity contribution < 1.29 is 14.3 Å². The Morgan fingerprint density at radius 1 is 1.52 bits per heavy atom. The highest BCUT2D eigenvalue weighted by atomic mass is 16.5. The van der Waals surface area contributed by atoms with E-state index in [1.165, 1.54) is 0 Å². The zero-order valence-electron chi connectivity index (χ0n) is 13.0. The van der Waals surface area contributed by atoms with Gasteiger partial charge in [0, 0.05) is 18.7 Å². The predicted molar refractivity (Wildman–Crippen MR) is 78.3 cm³/mol. The van der Waals surface area contributed by atoms with Gasteiger partial charge in [0.15, 0.2) is 0 Å². The summed E-state index contributed by atoms with van der Waals surface area (Å²) in [6, 6.07) is -0.123. The number of aryl methyl sites for hydroxylation is 1. The second-order valence-electron chi connectivity index (χ2n) is 5.49. The average Bonchev–Trinajstić information content (AvgIpc) is 2.86. The minimum absolute atomic E-state index is 0.0879. The molecule has 0 unspecified atom stereocenters. The van der Waals surface area contributed by atoms with Crippen molar-refractivity contribution in [2.45, 2.75) is 45.8 Å². The molecule has 6 heteroatoms. The van der Waals surface area contributed by atoms with Crippen molar-refractivity contribution in [3.8, 4) is 0 Å². The van der Waals surface area contributed by atoms with Gasteiger partial charge in [-0.15, -0.1) is 0 Å². The number of carbonyl (C=O) groups is 1. The molecule has 116 valence electrons. The molecule has 2 heterocycles. The van der Waals surface area contributed by atoms with Crippen LogP contribution in [0.2, 0.25) is 0 Å². The number of amides is 1. The van der Waals surface area contributed by atoms with Crippen LogP contribution in [0.15, 0.2) is 6.20 Å². The molecule has 1 aromatic heterocycles. The molecular formula is C15H23N3O3. The first-order valence-corrected chi connectivity index (χ1v) is 7.36. The fourth-order valence-corrected chi connectivity index (χ4v) is 2.28. The van der Waals surface area contributed by atoms with Gasteiger partial charge < -0.3 is 14.8 Å². The Morgan fingerprint density at radius 3 is 2.90 bits per heavy atom. The number of aromatic nitrogens is 2. The van der Waals surface area contributed by atoms with Crippen LogP contribution in [0.4, 0.5) is 0 Å². The molecule has 1 aliphatic rings. The zero-order valence-corrected chi connectivity index (χ0v) is 13.0. The SMILES string of the molecule is CCO[C@H]1COC[C@@H]1NC(=O)c1cnc(C(C)C)nc1C. The van der Waals surface area contributed by atoms with E-state index in [2.05, 4.69) is 15.3 Å². The van der Waals surface area contributed by atoms with Crippen LogP contribution in [-0.2, 0) is 9.47 Å². The summed E-state index contributed by atoms with van der Waals surface area (Å²) in [7, 11) is 0. The van der Waals surface area contributed by atoms with Crippen LogP contribution in [0.5, 0.6) is 0 Å². The molecule has 2 rings (SSSR count). The smallest absolute Gasteiger partial charge is 0.255 e. The van der Waals surface area contributed by atoms with Gasteiger partial charge in [0.2, 0.25) is 0 Å². The lowest BCUT2D eigenvalue weighted by Crippen LogP contribution is -2.44. The highest BCUT2D eigenvalue weighted by molar-refractivity contribution is 5.95. The number of hydrogen-bond acceptors (Lipinski definition) is 5. The lowest BCUT2D eigenvalue weighted by atomic mass is 10.1. The Hall–Kier alpha value is -1.53. The van der Waals surface area contributed by atoms with E-state index in [0.29, 0.717) is 31.1 Å². The quantitative estimate of drug-likeness (QED) is 0.889. The van der Waals surface area contributed by atoms with Gasteiger partial charge in [-0.05, 0) is 13.8 Å². The first-order chi connectivity index (χ1) is 10.0. The van der Waals surface area contributed by atoms with Crippen molar-refractivity contribution in [2.24, 2.45) is 0 Å². The molecule has 1 aliphatic heterocycles. The van der Waals surface area contributed by atoms with E-state index < -0.39 is 0 Å². The number of nitrogens with one attached hydrogen (secondary N) is 1. The maximum atomic E-state index is 12.4. The van der Waals surface area contributed by atoms with Crippen LogP contribution in [0.25, 0.3) is 0 Å². The summed E-state index contributed by atoms with van der Waals surface area (Å²) in [5.41, 5.74) is 1.19. The highest BCUT2D eigenvalue weighted by Crippen LogP contribution is 2.14. The van der Waals surface area contributed by atoms with Crippen LogP contribution in [0, 0.1) is 6.92 Å². The second kappa shape index (κ2) is 6.95. The van der Waals surface area contributed by atoms with Gasteiger partial charge >= 0.3 is 0 Å². The molecule has 2 atom stereocenters. The molecule has 6 nitrogen and oxygen atoms in total. The van der Waals surface area contributed by atoms with Crippen LogP contribution >= 0.6 is 0 Å². The van der Waals surface area contributed by atoms with Gasteiger partial charge in [-0.1, -0.05) is 13.8 Å². The first-order valence-electron chi connectivity index (χ1n) is 7.36. The third-order valence-electron chi connectivity index (χ3n) is 3.48. The molecule has 0 saturated carbocycles. The highest BCUT2D eigenvalue weighted by Gasteiger charge is 2.30. The number of ether oxygens (including phenoxy) is 2. The van der Waals surface area contributed by atoms with E-state index >= 15 is 0 Å². The monoisotopic (exact) mass is 293 g/mol. The van der Waals surface area contributed by atoms with Crippen LogP contribution in [-0.4, -0.2) is 47.8 Å². The molecule has 1 aromatic rings. The van der Waals surface area contributed by atoms with E-state index in [0.717, 1.165) is 5.82 Å². The lowest BCUT2D eigenvalue weighted by molar-refractivity contribution is 0.0402. The lowest BCUT2D eigenvalue weighted by Gasteiger charge is -2.19. The number of nitrogens with zero attached hydrogens (tertiary/aromatic N) is 2. The van der Waals surface area contributed by atoms with Crippen molar-refractivity contribution >= 4 is 5.91 Å². The van der Waals surface area contributed by atoms with Crippen molar-refractivity contribution in [1.29, 1.82) is 0 Å². The summed E-state index contributed by atoms with van der Waals surface area (Å²) in [6.07, 6.45) is 1.51. The van der Waals surface area contributed by atoms with Crippen molar-refractivity contribution in [3.63, 3.8) is 0 Å². The third-order valence-corrected chi connectivity index (χ3v) is 3.48. The maximum Gasteiger partial charge on any atom is 0.255 e. The molecule has 0 spiro atoms. The van der Waals surface area contributed by atoms with Gasteiger partial charge in [0.25, 0.3) is 5.91 Å². The van der Waals surface area contributed by atoms with Crippen molar-refractivity contribution in [3.05, 3.63) is 23.3 Å². The maximum absolute atomic E-state index is 12.4. The molecule has 0 bridgehead atoms. The summed E-state index contributed by atoms with van der Waals surface area (Å²) in [4.78, 5) is 21.0. The largest absolute Gasteiger partial charge is 0.376 e. The van der Waals surface area contributed by atoms with Gasteiger partial charge in [-0.25, -0.2) is 9.97 Å². The molecule has 0 aromatic carbocycles. The van der Waals surface area contributed by atoms with Crippen LogP contribution < -0.4 is 5.32 Å². The topological polar surface area (TPSA) is 73.3 Å². The van der Waals surface area contributed by atoms with E-state index in [1.54, 1.807) is 6.20 Å². The summed E-state index contributed by atoms with van der Waals surface area (Å²) in [6.45, 7) is 9.40. The number of carbonyl (C=O) groups excluding carboxylic acids is 1. The van der Waals surface area contributed by atoms with Crippen LogP contribution in [0.1, 0.15) is 48.6 Å². The number of rotatable bonds is 5. The normalized spacial score (nSPS) is 21.8. The minimum Gasteiger partial charge on any atom is -0.376 e. The van der Waals surface area contributed by atoms with E-state index in [9.17, 15) is 4.79 Å². The summed E-state index contributed by atoms with van der Waals surface area (Å²) in [5.74, 6) is 0.815. The molecule has 21 heavy (non-hydrogen) atoms. The first kappa shape index (κ1) is 15.9. The summed E-state index contributed by atoms with van der Waals surface area (Å²) < 4.78 is 10.9. The second-order valence-corrected chi connectivity index (χ2v) is 5.49. The van der Waals surface area contributed by atoms with E-state index in [-0.39, 0.29) is 24.0 Å². The molecular weight excluding hydrogens is 270 g/mol. The van der Waals surface area contributed by atoms with Crippen molar-refractivity contribution in [1.82, 2.24) is 15.3 Å². The zero-order chi connectivity index (χ0) is 15.4. The molecule has 0 aliphatic carbocycles. The third kappa shape index (κ3) is 3.77. The molecule has 1 fully saturated rings. The average molecular weight is 293 g/mol. The molecule has 1 N–H and O–H groups in total.